The molecule has 0 aliphatic carbocycles. The Morgan fingerprint density at radius 3 is 2.79 bits per heavy atom. The maximum Gasteiger partial charge on any atom is 0.252 e. The molecule has 0 aromatic carbocycles. The zero-order valence-corrected chi connectivity index (χ0v) is 7.48. The van der Waals surface area contributed by atoms with Crippen LogP contribution in [-0.4, -0.2) is 19.7 Å². The van der Waals surface area contributed by atoms with Gasteiger partial charge >= 0.3 is 0 Å². The minimum Gasteiger partial charge on any atom is -0.381 e. The van der Waals surface area contributed by atoms with Crippen molar-refractivity contribution in [3.8, 4) is 5.95 Å². The zero-order valence-electron chi connectivity index (χ0n) is 7.48. The highest BCUT2D eigenvalue weighted by Gasteiger charge is 2.05. The van der Waals surface area contributed by atoms with Crippen molar-refractivity contribution in [3.63, 3.8) is 0 Å². The number of aryl methyl sites for hydroxylation is 1. The Labute approximate surface area is 79.4 Å². The van der Waals surface area contributed by atoms with Gasteiger partial charge < -0.3 is 5.73 Å². The lowest BCUT2D eigenvalue weighted by molar-refractivity contribution is 0.615. The fraction of sp³-hybridized carbons (Fsp3) is 0.125. The normalized spacial score (nSPS) is 10.4. The lowest BCUT2D eigenvalue weighted by Gasteiger charge is -1.99. The molecule has 0 aliphatic rings. The third-order valence-electron chi connectivity index (χ3n) is 1.68. The number of aromatic nitrogens is 4. The summed E-state index contributed by atoms with van der Waals surface area (Å²) in [6.07, 6.45) is 4.41. The predicted molar refractivity (Wildman–Crippen MR) is 48.3 cm³/mol. The lowest BCUT2D eigenvalue weighted by Crippen LogP contribution is -2.05. The number of nitrogen functional groups attached to an aromatic ring is 1. The molecule has 0 spiro atoms. The maximum absolute atomic E-state index is 12.7. The Hall–Kier alpha value is -1.98. The average molecular weight is 193 g/mol. The van der Waals surface area contributed by atoms with E-state index < -0.39 is 5.82 Å². The number of hydrogen-bond donors (Lipinski definition) is 1. The molecule has 0 atom stereocenters. The monoisotopic (exact) mass is 193 g/mol. The van der Waals surface area contributed by atoms with E-state index in [1.165, 1.54) is 4.68 Å². The number of anilines is 1. The molecule has 0 aliphatic heterocycles. The average Bonchev–Trinajstić information content (AvgIpc) is 2.57. The number of rotatable bonds is 1. The van der Waals surface area contributed by atoms with Gasteiger partial charge in [-0.05, 0) is 12.5 Å². The second kappa shape index (κ2) is 3.06. The first-order chi connectivity index (χ1) is 6.66. The van der Waals surface area contributed by atoms with Crippen molar-refractivity contribution in [3.05, 3.63) is 30.0 Å². The van der Waals surface area contributed by atoms with Gasteiger partial charge in [-0.1, -0.05) is 0 Å². The maximum atomic E-state index is 12.7. The second-order valence-corrected chi connectivity index (χ2v) is 2.87. The van der Waals surface area contributed by atoms with Gasteiger partial charge in [0.2, 0.25) is 0 Å². The number of nitrogens with zero attached hydrogens (tertiary/aromatic N) is 4. The molecule has 0 amide bonds. The van der Waals surface area contributed by atoms with Crippen LogP contribution >= 0.6 is 0 Å². The molecule has 2 N–H and O–H groups in total. The Morgan fingerprint density at radius 2 is 2.21 bits per heavy atom. The van der Waals surface area contributed by atoms with Crippen molar-refractivity contribution in [2.45, 2.75) is 6.92 Å². The van der Waals surface area contributed by atoms with E-state index in [1.807, 2.05) is 6.92 Å². The summed E-state index contributed by atoms with van der Waals surface area (Å²) >= 11 is 0. The first-order valence-electron chi connectivity index (χ1n) is 3.96. The number of halogens is 1. The van der Waals surface area contributed by atoms with Crippen LogP contribution in [0.4, 0.5) is 10.2 Å². The molecule has 2 aromatic heterocycles. The molecule has 0 saturated carbocycles. The molecule has 0 radical (unpaired) electrons. The Kier molecular flexibility index (Phi) is 1.88. The number of hydrogen-bond acceptors (Lipinski definition) is 4. The van der Waals surface area contributed by atoms with Crippen LogP contribution in [0.3, 0.4) is 0 Å². The first-order valence-corrected chi connectivity index (χ1v) is 3.96. The van der Waals surface area contributed by atoms with Crippen LogP contribution in [0.5, 0.6) is 0 Å². The Bertz CT molecular complexity index is 465. The number of nitrogens with two attached hydrogens (primary N) is 1. The third kappa shape index (κ3) is 1.41. The van der Waals surface area contributed by atoms with Crippen LogP contribution in [0, 0.1) is 12.7 Å². The van der Waals surface area contributed by atoms with E-state index in [2.05, 4.69) is 15.1 Å². The van der Waals surface area contributed by atoms with E-state index in [-0.39, 0.29) is 11.8 Å². The summed E-state index contributed by atoms with van der Waals surface area (Å²) in [5.74, 6) is -0.544. The topological polar surface area (TPSA) is 69.6 Å². The van der Waals surface area contributed by atoms with E-state index in [4.69, 9.17) is 5.73 Å². The first kappa shape index (κ1) is 8.61. The Balaban J connectivity index is 2.47. The molecule has 72 valence electrons. The van der Waals surface area contributed by atoms with Crippen LogP contribution in [0.1, 0.15) is 5.56 Å². The van der Waals surface area contributed by atoms with Gasteiger partial charge in [0, 0.05) is 6.20 Å². The molecule has 2 heterocycles. The smallest absolute Gasteiger partial charge is 0.252 e. The molecule has 14 heavy (non-hydrogen) atoms. The highest BCUT2D eigenvalue weighted by atomic mass is 19.1. The molecule has 0 unspecified atom stereocenters. The predicted octanol–water partition coefficient (Wildman–Crippen LogP) is 0.692. The standard InChI is InChI=1S/C8H8FN5/c1-5-2-12-14(4-5)8-11-3-6(9)7(10)13-8/h2-4H,1H3,(H2,10,11,13). The summed E-state index contributed by atoms with van der Waals surface area (Å²) in [5, 5.41) is 3.97. The second-order valence-electron chi connectivity index (χ2n) is 2.87. The lowest BCUT2D eigenvalue weighted by atomic mass is 10.4. The fourth-order valence-electron chi connectivity index (χ4n) is 1.00. The van der Waals surface area contributed by atoms with E-state index in [1.54, 1.807) is 12.4 Å². The van der Waals surface area contributed by atoms with Crippen molar-refractivity contribution in [1.29, 1.82) is 0 Å². The van der Waals surface area contributed by atoms with E-state index in [0.717, 1.165) is 11.8 Å². The summed E-state index contributed by atoms with van der Waals surface area (Å²) in [4.78, 5) is 7.51. The van der Waals surface area contributed by atoms with Crippen molar-refractivity contribution >= 4 is 5.82 Å². The van der Waals surface area contributed by atoms with E-state index in [9.17, 15) is 4.39 Å². The molecule has 0 bridgehead atoms. The van der Waals surface area contributed by atoms with Crippen molar-refractivity contribution < 1.29 is 4.39 Å². The van der Waals surface area contributed by atoms with Gasteiger partial charge in [0.05, 0.1) is 12.4 Å². The van der Waals surface area contributed by atoms with Crippen LogP contribution in [0.2, 0.25) is 0 Å². The van der Waals surface area contributed by atoms with Gasteiger partial charge in [-0.25, -0.2) is 14.1 Å². The molecular formula is C8H8FN5. The molecule has 2 aromatic rings. The van der Waals surface area contributed by atoms with Gasteiger partial charge in [-0.2, -0.15) is 10.1 Å². The van der Waals surface area contributed by atoms with Crippen LogP contribution in [-0.2, 0) is 0 Å². The van der Waals surface area contributed by atoms with Gasteiger partial charge in [0.15, 0.2) is 11.6 Å². The SMILES string of the molecule is Cc1cnn(-c2ncc(F)c(N)n2)c1. The minimum absolute atomic E-state index is 0.178. The molecule has 5 nitrogen and oxygen atoms in total. The van der Waals surface area contributed by atoms with E-state index >= 15 is 0 Å². The van der Waals surface area contributed by atoms with Crippen LogP contribution in [0.25, 0.3) is 5.95 Å². The molecule has 0 fully saturated rings. The summed E-state index contributed by atoms with van der Waals surface area (Å²) in [7, 11) is 0. The minimum atomic E-state index is -0.627. The summed E-state index contributed by atoms with van der Waals surface area (Å²) in [5.41, 5.74) is 6.27. The van der Waals surface area contributed by atoms with Crippen LogP contribution < -0.4 is 5.73 Å². The molecular weight excluding hydrogens is 185 g/mol. The van der Waals surface area contributed by atoms with Crippen molar-refractivity contribution in [1.82, 2.24) is 19.7 Å². The molecule has 0 saturated heterocycles. The highest BCUT2D eigenvalue weighted by molar-refractivity contribution is 5.31. The zero-order chi connectivity index (χ0) is 10.1. The largest absolute Gasteiger partial charge is 0.381 e. The van der Waals surface area contributed by atoms with Gasteiger partial charge in [-0.3, -0.25) is 0 Å². The van der Waals surface area contributed by atoms with Gasteiger partial charge in [-0.15, -0.1) is 0 Å². The van der Waals surface area contributed by atoms with Gasteiger partial charge in [0.25, 0.3) is 5.95 Å². The van der Waals surface area contributed by atoms with E-state index in [0.29, 0.717) is 0 Å². The quantitative estimate of drug-likeness (QED) is 0.723. The molecule has 2 rings (SSSR count). The van der Waals surface area contributed by atoms with Gasteiger partial charge in [0.1, 0.15) is 0 Å². The third-order valence-corrected chi connectivity index (χ3v) is 1.68. The Morgan fingerprint density at radius 1 is 1.43 bits per heavy atom. The summed E-state index contributed by atoms with van der Waals surface area (Å²) < 4.78 is 14.2. The van der Waals surface area contributed by atoms with Crippen molar-refractivity contribution in [2.24, 2.45) is 0 Å². The highest BCUT2D eigenvalue weighted by Crippen LogP contribution is 2.07. The van der Waals surface area contributed by atoms with Crippen molar-refractivity contribution in [2.75, 3.05) is 5.73 Å². The molecule has 6 heteroatoms. The fourth-order valence-corrected chi connectivity index (χ4v) is 1.00. The summed E-state index contributed by atoms with van der Waals surface area (Å²) in [6.45, 7) is 1.89. The summed E-state index contributed by atoms with van der Waals surface area (Å²) in [6, 6.07) is 0. The van der Waals surface area contributed by atoms with Crippen LogP contribution in [0.15, 0.2) is 18.6 Å².